The Kier molecular flexibility index (Phi) is 4.19. The number of carbonyl (C=O) groups excluding carboxylic acids is 1. The van der Waals surface area contributed by atoms with Crippen LogP contribution in [0.5, 0.6) is 0 Å². The van der Waals surface area contributed by atoms with E-state index < -0.39 is 0 Å². The first-order valence-electron chi connectivity index (χ1n) is 6.17. The smallest absolute Gasteiger partial charge is 0.164 e. The standard InChI is InChI=1S/C14H18ClNO/c1-10-6-7-16-13(8-10)9-14(17)11-2-4-12(15)5-3-11/h2-5,10,13,16H,6-9H2,1H3. The van der Waals surface area contributed by atoms with Crippen molar-refractivity contribution < 1.29 is 4.79 Å². The van der Waals surface area contributed by atoms with E-state index in [9.17, 15) is 4.79 Å². The Labute approximate surface area is 107 Å². The van der Waals surface area contributed by atoms with Gasteiger partial charge in [0.15, 0.2) is 5.78 Å². The van der Waals surface area contributed by atoms with Gasteiger partial charge in [-0.15, -0.1) is 0 Å². The fourth-order valence-corrected chi connectivity index (χ4v) is 2.48. The number of ketones is 1. The maximum atomic E-state index is 12.0. The van der Waals surface area contributed by atoms with Crippen LogP contribution in [0.4, 0.5) is 0 Å². The van der Waals surface area contributed by atoms with Crippen LogP contribution >= 0.6 is 11.6 Å². The van der Waals surface area contributed by atoms with E-state index in [-0.39, 0.29) is 5.78 Å². The summed E-state index contributed by atoms with van der Waals surface area (Å²) in [4.78, 5) is 12.0. The molecule has 0 radical (unpaired) electrons. The maximum absolute atomic E-state index is 12.0. The molecule has 1 saturated heterocycles. The molecule has 1 N–H and O–H groups in total. The first-order chi connectivity index (χ1) is 8.15. The lowest BCUT2D eigenvalue weighted by molar-refractivity contribution is 0.0959. The lowest BCUT2D eigenvalue weighted by Gasteiger charge is -2.27. The number of benzene rings is 1. The van der Waals surface area contributed by atoms with Gasteiger partial charge in [0.25, 0.3) is 0 Å². The second kappa shape index (κ2) is 5.65. The minimum atomic E-state index is 0.202. The van der Waals surface area contributed by atoms with E-state index in [0.29, 0.717) is 17.5 Å². The van der Waals surface area contributed by atoms with Crippen molar-refractivity contribution in [3.63, 3.8) is 0 Å². The van der Waals surface area contributed by atoms with E-state index in [2.05, 4.69) is 12.2 Å². The van der Waals surface area contributed by atoms with Crippen LogP contribution in [0.15, 0.2) is 24.3 Å². The number of nitrogens with one attached hydrogen (secondary N) is 1. The third kappa shape index (κ3) is 3.55. The SMILES string of the molecule is CC1CCNC(CC(=O)c2ccc(Cl)cc2)C1. The molecule has 0 amide bonds. The van der Waals surface area contributed by atoms with E-state index in [1.54, 1.807) is 24.3 Å². The second-order valence-corrected chi connectivity index (χ2v) is 5.35. The van der Waals surface area contributed by atoms with Crippen molar-refractivity contribution >= 4 is 17.4 Å². The number of hydrogen-bond acceptors (Lipinski definition) is 2. The van der Waals surface area contributed by atoms with Crippen molar-refractivity contribution in [1.82, 2.24) is 5.32 Å². The summed E-state index contributed by atoms with van der Waals surface area (Å²) >= 11 is 5.80. The van der Waals surface area contributed by atoms with E-state index in [1.165, 1.54) is 6.42 Å². The molecule has 17 heavy (non-hydrogen) atoms. The van der Waals surface area contributed by atoms with Gasteiger partial charge in [-0.3, -0.25) is 4.79 Å². The fourth-order valence-electron chi connectivity index (χ4n) is 2.35. The number of halogens is 1. The molecular weight excluding hydrogens is 234 g/mol. The van der Waals surface area contributed by atoms with Crippen LogP contribution in [-0.2, 0) is 0 Å². The first kappa shape index (κ1) is 12.6. The number of rotatable bonds is 3. The topological polar surface area (TPSA) is 29.1 Å². The van der Waals surface area contributed by atoms with E-state index >= 15 is 0 Å². The normalized spacial score (nSPS) is 24.6. The van der Waals surface area contributed by atoms with Crippen molar-refractivity contribution in [2.75, 3.05) is 6.54 Å². The summed E-state index contributed by atoms with van der Waals surface area (Å²) in [5.74, 6) is 0.924. The third-order valence-corrected chi connectivity index (χ3v) is 3.61. The first-order valence-corrected chi connectivity index (χ1v) is 6.55. The predicted molar refractivity (Wildman–Crippen MR) is 70.6 cm³/mol. The third-order valence-electron chi connectivity index (χ3n) is 3.36. The molecule has 0 saturated carbocycles. The van der Waals surface area contributed by atoms with Crippen LogP contribution in [-0.4, -0.2) is 18.4 Å². The Balaban J connectivity index is 1.94. The molecule has 1 aliphatic heterocycles. The molecule has 1 fully saturated rings. The van der Waals surface area contributed by atoms with Crippen molar-refractivity contribution in [3.05, 3.63) is 34.9 Å². The summed E-state index contributed by atoms with van der Waals surface area (Å²) in [6, 6.07) is 7.48. The molecule has 0 aliphatic carbocycles. The van der Waals surface area contributed by atoms with E-state index in [0.717, 1.165) is 24.4 Å². The van der Waals surface area contributed by atoms with Crippen LogP contribution in [0, 0.1) is 5.92 Å². The Morgan fingerprint density at radius 1 is 1.41 bits per heavy atom. The highest BCUT2D eigenvalue weighted by Crippen LogP contribution is 2.19. The molecule has 1 aliphatic rings. The summed E-state index contributed by atoms with van der Waals surface area (Å²) in [5, 5.41) is 4.09. The van der Waals surface area contributed by atoms with Gasteiger partial charge in [-0.25, -0.2) is 0 Å². The molecule has 2 atom stereocenters. The molecule has 92 valence electrons. The summed E-state index contributed by atoms with van der Waals surface area (Å²) in [6.45, 7) is 3.28. The molecule has 2 nitrogen and oxygen atoms in total. The number of Topliss-reactive ketones (excluding diaryl/α,β-unsaturated/α-hetero) is 1. The van der Waals surface area contributed by atoms with Gasteiger partial charge < -0.3 is 5.32 Å². The zero-order chi connectivity index (χ0) is 12.3. The molecule has 1 aromatic rings. The van der Waals surface area contributed by atoms with Crippen molar-refractivity contribution in [3.8, 4) is 0 Å². The second-order valence-electron chi connectivity index (χ2n) is 4.91. The average Bonchev–Trinajstić information content (AvgIpc) is 2.29. The molecule has 0 aromatic heterocycles. The summed E-state index contributed by atoms with van der Waals surface area (Å²) in [5.41, 5.74) is 0.759. The van der Waals surface area contributed by atoms with Gasteiger partial charge in [-0.1, -0.05) is 18.5 Å². The van der Waals surface area contributed by atoms with Crippen molar-refractivity contribution in [2.45, 2.75) is 32.2 Å². The lowest BCUT2D eigenvalue weighted by Crippen LogP contribution is -2.38. The Morgan fingerprint density at radius 2 is 2.12 bits per heavy atom. The van der Waals surface area contributed by atoms with Crippen LogP contribution in [0.1, 0.15) is 36.5 Å². The number of hydrogen-bond donors (Lipinski definition) is 1. The highest BCUT2D eigenvalue weighted by atomic mass is 35.5. The van der Waals surface area contributed by atoms with Gasteiger partial charge in [0, 0.05) is 23.0 Å². The Morgan fingerprint density at radius 3 is 2.76 bits per heavy atom. The van der Waals surface area contributed by atoms with E-state index in [1.807, 2.05) is 0 Å². The Hall–Kier alpha value is -0.860. The fraction of sp³-hybridized carbons (Fsp3) is 0.500. The predicted octanol–water partition coefficient (Wildman–Crippen LogP) is 3.30. The van der Waals surface area contributed by atoms with Crippen LogP contribution in [0.3, 0.4) is 0 Å². The van der Waals surface area contributed by atoms with Gasteiger partial charge in [-0.05, 0) is 49.6 Å². The highest BCUT2D eigenvalue weighted by molar-refractivity contribution is 6.30. The number of carbonyl (C=O) groups is 1. The average molecular weight is 252 g/mol. The summed E-state index contributed by atoms with van der Waals surface area (Å²) < 4.78 is 0. The molecule has 2 rings (SSSR count). The highest BCUT2D eigenvalue weighted by Gasteiger charge is 2.21. The van der Waals surface area contributed by atoms with Crippen LogP contribution in [0.2, 0.25) is 5.02 Å². The van der Waals surface area contributed by atoms with Gasteiger partial charge >= 0.3 is 0 Å². The molecule has 0 bridgehead atoms. The molecule has 0 spiro atoms. The van der Waals surface area contributed by atoms with Gasteiger partial charge in [-0.2, -0.15) is 0 Å². The summed E-state index contributed by atoms with van der Waals surface area (Å²) in [7, 11) is 0. The molecule has 1 aromatic carbocycles. The monoisotopic (exact) mass is 251 g/mol. The minimum absolute atomic E-state index is 0.202. The molecule has 3 heteroatoms. The molecule has 1 heterocycles. The van der Waals surface area contributed by atoms with Gasteiger partial charge in [0.05, 0.1) is 0 Å². The maximum Gasteiger partial charge on any atom is 0.164 e. The van der Waals surface area contributed by atoms with Crippen LogP contribution < -0.4 is 5.32 Å². The largest absolute Gasteiger partial charge is 0.314 e. The molecule has 2 unspecified atom stereocenters. The summed E-state index contributed by atoms with van der Waals surface area (Å²) in [6.07, 6.45) is 2.90. The Bertz CT molecular complexity index is 388. The quantitative estimate of drug-likeness (QED) is 0.836. The van der Waals surface area contributed by atoms with Crippen LogP contribution in [0.25, 0.3) is 0 Å². The van der Waals surface area contributed by atoms with Gasteiger partial charge in [0.1, 0.15) is 0 Å². The van der Waals surface area contributed by atoms with Gasteiger partial charge in [0.2, 0.25) is 0 Å². The molecular formula is C14H18ClNO. The zero-order valence-corrected chi connectivity index (χ0v) is 10.8. The van der Waals surface area contributed by atoms with Crippen molar-refractivity contribution in [1.29, 1.82) is 0 Å². The zero-order valence-electron chi connectivity index (χ0n) is 10.1. The minimum Gasteiger partial charge on any atom is -0.314 e. The number of piperidine rings is 1. The lowest BCUT2D eigenvalue weighted by atomic mass is 9.90. The van der Waals surface area contributed by atoms with E-state index in [4.69, 9.17) is 11.6 Å². The van der Waals surface area contributed by atoms with Crippen molar-refractivity contribution in [2.24, 2.45) is 5.92 Å².